The molecule has 1 amide bonds. The molecule has 0 aliphatic rings. The number of anilines is 1. The first-order valence-corrected chi connectivity index (χ1v) is 9.99. The molecule has 0 radical (unpaired) electrons. The summed E-state index contributed by atoms with van der Waals surface area (Å²) in [6.45, 7) is 1.98. The molecule has 128 valence electrons. The van der Waals surface area contributed by atoms with E-state index in [1.807, 2.05) is 25.3 Å². The van der Waals surface area contributed by atoms with Gasteiger partial charge in [-0.15, -0.1) is 23.1 Å². The second kappa shape index (κ2) is 7.99. The Kier molecular flexibility index (Phi) is 5.73. The van der Waals surface area contributed by atoms with E-state index in [1.54, 1.807) is 24.5 Å². The molecule has 25 heavy (non-hydrogen) atoms. The minimum atomic E-state index is -0.197. The third kappa shape index (κ3) is 4.39. The summed E-state index contributed by atoms with van der Waals surface area (Å²) in [4.78, 5) is 22.0. The summed E-state index contributed by atoms with van der Waals surface area (Å²) in [7, 11) is 0. The van der Waals surface area contributed by atoms with Crippen LogP contribution in [0.5, 0.6) is 0 Å². The number of hydrogen-bond donors (Lipinski definition) is 1. The molecule has 0 saturated carbocycles. The van der Waals surface area contributed by atoms with Crippen molar-refractivity contribution < 1.29 is 4.79 Å². The van der Waals surface area contributed by atoms with E-state index in [4.69, 9.17) is 11.6 Å². The number of thioether (sulfide) groups is 1. The Balaban J connectivity index is 1.71. The quantitative estimate of drug-likeness (QED) is 0.619. The van der Waals surface area contributed by atoms with Crippen molar-refractivity contribution in [3.63, 3.8) is 0 Å². The number of hydrogen-bond acceptors (Lipinski definition) is 5. The molecular weight excluding hydrogens is 374 g/mol. The lowest BCUT2D eigenvalue weighted by atomic mass is 10.1. The van der Waals surface area contributed by atoms with E-state index in [0.29, 0.717) is 15.7 Å². The summed E-state index contributed by atoms with van der Waals surface area (Å²) in [6.07, 6.45) is 6.09. The molecule has 2 heterocycles. The highest BCUT2D eigenvalue weighted by Gasteiger charge is 2.14. The normalized spacial score (nSPS) is 10.7. The minimum Gasteiger partial charge on any atom is -0.298 e. The van der Waals surface area contributed by atoms with Crippen molar-refractivity contribution in [2.75, 3.05) is 11.6 Å². The fraction of sp³-hybridized carbons (Fsp3) is 0.167. The topological polar surface area (TPSA) is 54.9 Å². The molecule has 2 aromatic heterocycles. The first-order chi connectivity index (χ1) is 12.1. The van der Waals surface area contributed by atoms with E-state index >= 15 is 0 Å². The first-order valence-electron chi connectivity index (χ1n) is 7.57. The maximum atomic E-state index is 12.4. The van der Waals surface area contributed by atoms with E-state index in [0.717, 1.165) is 27.4 Å². The number of pyridine rings is 1. The number of rotatable bonds is 5. The lowest BCUT2D eigenvalue weighted by molar-refractivity contribution is 0.102. The molecule has 0 saturated heterocycles. The molecule has 3 rings (SSSR count). The fourth-order valence-corrected chi connectivity index (χ4v) is 3.88. The highest BCUT2D eigenvalue weighted by Crippen LogP contribution is 2.25. The number of halogens is 1. The summed E-state index contributed by atoms with van der Waals surface area (Å²) in [6, 6.07) is 9.54. The number of nitrogens with zero attached hydrogens (tertiary/aromatic N) is 2. The molecule has 0 unspecified atom stereocenters. The van der Waals surface area contributed by atoms with Gasteiger partial charge in [0.05, 0.1) is 5.56 Å². The Labute approximate surface area is 159 Å². The number of carbonyl (C=O) groups is 1. The summed E-state index contributed by atoms with van der Waals surface area (Å²) < 4.78 is 0. The van der Waals surface area contributed by atoms with Gasteiger partial charge < -0.3 is 0 Å². The van der Waals surface area contributed by atoms with E-state index < -0.39 is 0 Å². The Bertz CT molecular complexity index is 911. The Morgan fingerprint density at radius 1 is 1.32 bits per heavy atom. The van der Waals surface area contributed by atoms with Crippen molar-refractivity contribution >= 4 is 45.7 Å². The number of aromatic nitrogens is 2. The highest BCUT2D eigenvalue weighted by molar-refractivity contribution is 7.98. The highest BCUT2D eigenvalue weighted by atomic mass is 35.5. The number of amides is 1. The number of thiazole rings is 1. The van der Waals surface area contributed by atoms with Crippen LogP contribution in [0.4, 0.5) is 5.13 Å². The minimum absolute atomic E-state index is 0.197. The van der Waals surface area contributed by atoms with Gasteiger partial charge in [0.2, 0.25) is 0 Å². The van der Waals surface area contributed by atoms with E-state index in [-0.39, 0.29) is 5.91 Å². The maximum Gasteiger partial charge on any atom is 0.260 e. The number of aryl methyl sites for hydroxylation is 1. The van der Waals surface area contributed by atoms with Crippen molar-refractivity contribution in [3.8, 4) is 0 Å². The van der Waals surface area contributed by atoms with Crippen LogP contribution in [0.25, 0.3) is 0 Å². The van der Waals surface area contributed by atoms with Gasteiger partial charge in [0.1, 0.15) is 5.03 Å². The first kappa shape index (κ1) is 17.9. The van der Waals surface area contributed by atoms with Gasteiger partial charge in [-0.3, -0.25) is 10.1 Å². The molecule has 0 bridgehead atoms. The molecule has 3 aromatic rings. The summed E-state index contributed by atoms with van der Waals surface area (Å²) >= 11 is 9.08. The van der Waals surface area contributed by atoms with E-state index in [1.165, 1.54) is 23.1 Å². The Hall–Kier alpha value is -1.89. The monoisotopic (exact) mass is 389 g/mol. The number of nitrogens with one attached hydrogen (secondary N) is 1. The van der Waals surface area contributed by atoms with Crippen LogP contribution in [0.3, 0.4) is 0 Å². The van der Waals surface area contributed by atoms with Crippen LogP contribution in [0.15, 0.2) is 47.8 Å². The predicted octanol–water partition coefficient (Wildman–Crippen LogP) is 5.06. The average Bonchev–Trinajstić information content (AvgIpc) is 3.05. The molecule has 7 heteroatoms. The Morgan fingerprint density at radius 3 is 2.92 bits per heavy atom. The van der Waals surface area contributed by atoms with Crippen LogP contribution in [0.1, 0.15) is 26.4 Å². The molecule has 4 nitrogen and oxygen atoms in total. The van der Waals surface area contributed by atoms with Crippen LogP contribution in [0, 0.1) is 6.92 Å². The second-order valence-electron chi connectivity index (χ2n) is 5.41. The van der Waals surface area contributed by atoms with Gasteiger partial charge >= 0.3 is 0 Å². The molecule has 0 fully saturated rings. The summed E-state index contributed by atoms with van der Waals surface area (Å²) in [5, 5.41) is 4.89. The van der Waals surface area contributed by atoms with Crippen LogP contribution in [-0.2, 0) is 6.42 Å². The zero-order valence-corrected chi connectivity index (χ0v) is 16.1. The van der Waals surface area contributed by atoms with Crippen LogP contribution in [-0.4, -0.2) is 22.1 Å². The smallest absolute Gasteiger partial charge is 0.260 e. The zero-order chi connectivity index (χ0) is 17.8. The third-order valence-corrected chi connectivity index (χ3v) is 5.63. The molecule has 0 aliphatic carbocycles. The molecule has 0 spiro atoms. The van der Waals surface area contributed by atoms with Gasteiger partial charge in [0, 0.05) is 28.7 Å². The molecular formula is C18H16ClN3OS2. The van der Waals surface area contributed by atoms with Gasteiger partial charge in [-0.1, -0.05) is 23.7 Å². The average molecular weight is 390 g/mol. The molecule has 0 atom stereocenters. The molecule has 1 N–H and O–H groups in total. The van der Waals surface area contributed by atoms with Crippen LogP contribution in [0.2, 0.25) is 5.02 Å². The SMILES string of the molecule is CSc1ncccc1C(=O)Nc1ncc(Cc2ccc(C)c(Cl)c2)s1. The maximum absolute atomic E-state index is 12.4. The number of benzene rings is 1. The van der Waals surface area contributed by atoms with Crippen molar-refractivity contribution in [2.45, 2.75) is 18.4 Å². The van der Waals surface area contributed by atoms with Gasteiger partial charge in [-0.25, -0.2) is 9.97 Å². The number of carbonyl (C=O) groups excluding carboxylic acids is 1. The largest absolute Gasteiger partial charge is 0.298 e. The van der Waals surface area contributed by atoms with E-state index in [2.05, 4.69) is 21.4 Å². The predicted molar refractivity (Wildman–Crippen MR) is 105 cm³/mol. The fourth-order valence-electron chi connectivity index (χ4n) is 2.29. The molecule has 0 aliphatic heterocycles. The van der Waals surface area contributed by atoms with Gasteiger partial charge in [0.25, 0.3) is 5.91 Å². The van der Waals surface area contributed by atoms with E-state index in [9.17, 15) is 4.79 Å². The Morgan fingerprint density at radius 2 is 2.16 bits per heavy atom. The lowest BCUT2D eigenvalue weighted by Gasteiger charge is -2.05. The van der Waals surface area contributed by atoms with Gasteiger partial charge in [0.15, 0.2) is 5.13 Å². The lowest BCUT2D eigenvalue weighted by Crippen LogP contribution is -2.13. The second-order valence-corrected chi connectivity index (χ2v) is 7.72. The van der Waals surface area contributed by atoms with Crippen molar-refractivity contribution in [1.29, 1.82) is 0 Å². The van der Waals surface area contributed by atoms with Gasteiger partial charge in [-0.05, 0) is 42.5 Å². The van der Waals surface area contributed by atoms with Gasteiger partial charge in [-0.2, -0.15) is 0 Å². The van der Waals surface area contributed by atoms with Crippen molar-refractivity contribution in [3.05, 3.63) is 69.3 Å². The summed E-state index contributed by atoms with van der Waals surface area (Å²) in [5.74, 6) is -0.197. The standard InChI is InChI=1S/C18H16ClN3OS2/c1-11-5-6-12(9-15(11)19)8-13-10-21-18(25-13)22-16(23)14-4-3-7-20-17(14)24-2/h3-7,9-10H,8H2,1-2H3,(H,21,22,23). The zero-order valence-electron chi connectivity index (χ0n) is 13.7. The van der Waals surface area contributed by atoms with Crippen LogP contribution < -0.4 is 5.32 Å². The summed E-state index contributed by atoms with van der Waals surface area (Å²) in [5.41, 5.74) is 2.73. The third-order valence-electron chi connectivity index (χ3n) is 3.60. The van der Waals surface area contributed by atoms with Crippen LogP contribution >= 0.6 is 34.7 Å². The molecule has 1 aromatic carbocycles. The van der Waals surface area contributed by atoms with Crippen molar-refractivity contribution in [2.24, 2.45) is 0 Å². The van der Waals surface area contributed by atoms with Crippen molar-refractivity contribution in [1.82, 2.24) is 9.97 Å².